The van der Waals surface area contributed by atoms with Crippen molar-refractivity contribution in [3.05, 3.63) is 71.8 Å². The molecule has 5 rings (SSSR count). The second-order valence-electron chi connectivity index (χ2n) is 7.90. The smallest absolute Gasteiger partial charge is 0.412 e. The minimum absolute atomic E-state index is 0.156. The molecule has 4 unspecified atom stereocenters. The SMILES string of the molecule is O=C(Nc1cccc2ccccc12)OC1COC2C(NC(=S)Nc3ccc(Cl)cc3)COC12. The van der Waals surface area contributed by atoms with Gasteiger partial charge >= 0.3 is 6.09 Å². The van der Waals surface area contributed by atoms with Gasteiger partial charge in [0, 0.05) is 16.1 Å². The molecule has 9 heteroatoms. The maximum Gasteiger partial charge on any atom is 0.412 e. The van der Waals surface area contributed by atoms with E-state index >= 15 is 0 Å². The zero-order valence-corrected chi connectivity index (χ0v) is 19.1. The summed E-state index contributed by atoms with van der Waals surface area (Å²) < 4.78 is 17.4. The van der Waals surface area contributed by atoms with E-state index in [1.165, 1.54) is 0 Å². The van der Waals surface area contributed by atoms with Gasteiger partial charge in [0.2, 0.25) is 0 Å². The summed E-state index contributed by atoms with van der Waals surface area (Å²) in [6, 6.07) is 20.7. The first kappa shape index (κ1) is 21.9. The molecule has 1 amide bonds. The zero-order chi connectivity index (χ0) is 22.8. The van der Waals surface area contributed by atoms with Crippen LogP contribution in [-0.2, 0) is 14.2 Å². The molecule has 4 atom stereocenters. The number of benzene rings is 3. The molecule has 3 aromatic rings. The van der Waals surface area contributed by atoms with Crippen molar-refractivity contribution in [2.24, 2.45) is 0 Å². The van der Waals surface area contributed by atoms with Crippen molar-refractivity contribution in [1.29, 1.82) is 0 Å². The van der Waals surface area contributed by atoms with Gasteiger partial charge in [-0.25, -0.2) is 4.79 Å². The highest BCUT2D eigenvalue weighted by Crippen LogP contribution is 2.30. The molecule has 3 aromatic carbocycles. The molecule has 2 aliphatic heterocycles. The zero-order valence-electron chi connectivity index (χ0n) is 17.5. The predicted octanol–water partition coefficient (Wildman–Crippen LogP) is 4.56. The lowest BCUT2D eigenvalue weighted by Crippen LogP contribution is -2.46. The van der Waals surface area contributed by atoms with Gasteiger partial charge in [-0.05, 0) is 47.9 Å². The number of nitrogens with one attached hydrogen (secondary N) is 3. The van der Waals surface area contributed by atoms with E-state index in [9.17, 15) is 4.79 Å². The monoisotopic (exact) mass is 483 g/mol. The molecule has 170 valence electrons. The standard InChI is InChI=1S/C24H22ClN3O4S/c25-15-8-10-16(11-9-15)26-23(33)27-19-12-30-22-20(13-31-21(19)22)32-24(29)28-18-7-3-5-14-4-1-2-6-17(14)18/h1-11,19-22H,12-13H2,(H,28,29)(H2,26,27,33). The Morgan fingerprint density at radius 3 is 2.55 bits per heavy atom. The second kappa shape index (κ2) is 9.52. The topological polar surface area (TPSA) is 80.9 Å². The van der Waals surface area contributed by atoms with E-state index in [2.05, 4.69) is 16.0 Å². The Kier molecular flexibility index (Phi) is 6.32. The van der Waals surface area contributed by atoms with Crippen molar-refractivity contribution in [1.82, 2.24) is 5.32 Å². The number of fused-ring (bicyclic) bond motifs is 2. The van der Waals surface area contributed by atoms with Crippen LogP contribution >= 0.6 is 23.8 Å². The predicted molar refractivity (Wildman–Crippen MR) is 132 cm³/mol. The van der Waals surface area contributed by atoms with Crippen LogP contribution in [0.15, 0.2) is 66.7 Å². The van der Waals surface area contributed by atoms with Gasteiger partial charge in [-0.1, -0.05) is 48.0 Å². The van der Waals surface area contributed by atoms with Gasteiger partial charge in [-0.3, -0.25) is 5.32 Å². The van der Waals surface area contributed by atoms with E-state index in [1.54, 1.807) is 12.1 Å². The van der Waals surface area contributed by atoms with Gasteiger partial charge in [0.1, 0.15) is 12.2 Å². The molecule has 2 fully saturated rings. The van der Waals surface area contributed by atoms with Crippen LogP contribution in [0.5, 0.6) is 0 Å². The number of carbonyl (C=O) groups is 1. The van der Waals surface area contributed by atoms with Crippen molar-refractivity contribution < 1.29 is 19.0 Å². The number of amides is 1. The highest BCUT2D eigenvalue weighted by atomic mass is 35.5. The Bertz CT molecular complexity index is 1170. The van der Waals surface area contributed by atoms with E-state index in [1.807, 2.05) is 54.6 Å². The molecule has 0 aliphatic carbocycles. The van der Waals surface area contributed by atoms with Crippen molar-refractivity contribution in [2.75, 3.05) is 23.8 Å². The van der Waals surface area contributed by atoms with Crippen LogP contribution in [0.25, 0.3) is 10.8 Å². The summed E-state index contributed by atoms with van der Waals surface area (Å²) in [5.74, 6) is 0. The summed E-state index contributed by atoms with van der Waals surface area (Å²) >= 11 is 11.3. The molecule has 2 aliphatic rings. The summed E-state index contributed by atoms with van der Waals surface area (Å²) in [5, 5.41) is 12.3. The molecule has 3 N–H and O–H groups in total. The Morgan fingerprint density at radius 1 is 0.939 bits per heavy atom. The van der Waals surface area contributed by atoms with Crippen LogP contribution in [0.2, 0.25) is 5.02 Å². The largest absolute Gasteiger partial charge is 0.441 e. The summed E-state index contributed by atoms with van der Waals surface area (Å²) in [7, 11) is 0. The van der Waals surface area contributed by atoms with Crippen LogP contribution < -0.4 is 16.0 Å². The van der Waals surface area contributed by atoms with Gasteiger partial charge in [-0.15, -0.1) is 0 Å². The molecule has 2 heterocycles. The van der Waals surface area contributed by atoms with Crippen molar-refractivity contribution in [2.45, 2.75) is 24.4 Å². The normalized spacial score (nSPS) is 23.7. The third-order valence-corrected chi connectivity index (χ3v) is 6.18. The maximum absolute atomic E-state index is 12.6. The molecule has 7 nitrogen and oxygen atoms in total. The minimum Gasteiger partial charge on any atom is -0.441 e. The fourth-order valence-corrected chi connectivity index (χ4v) is 4.56. The Labute approximate surface area is 201 Å². The molecular weight excluding hydrogens is 462 g/mol. The van der Waals surface area contributed by atoms with E-state index in [-0.39, 0.29) is 24.9 Å². The summed E-state index contributed by atoms with van der Waals surface area (Å²) in [6.45, 7) is 0.649. The van der Waals surface area contributed by atoms with Crippen LogP contribution in [0.1, 0.15) is 0 Å². The third kappa shape index (κ3) is 4.89. The average Bonchev–Trinajstić information content (AvgIpc) is 3.39. The Balaban J connectivity index is 1.16. The van der Waals surface area contributed by atoms with Crippen LogP contribution in [-0.4, -0.2) is 48.8 Å². The van der Waals surface area contributed by atoms with Gasteiger partial charge in [0.25, 0.3) is 0 Å². The maximum atomic E-state index is 12.6. The molecule has 0 saturated carbocycles. The van der Waals surface area contributed by atoms with Gasteiger partial charge in [0.15, 0.2) is 11.2 Å². The third-order valence-electron chi connectivity index (χ3n) is 5.71. The lowest BCUT2D eigenvalue weighted by Gasteiger charge is -2.20. The molecule has 0 radical (unpaired) electrons. The number of carbonyl (C=O) groups excluding carboxylic acids is 1. The number of thiocarbonyl (C=S) groups is 1. The number of ether oxygens (including phenoxy) is 3. The molecule has 0 aromatic heterocycles. The van der Waals surface area contributed by atoms with E-state index in [0.29, 0.717) is 22.4 Å². The summed E-state index contributed by atoms with van der Waals surface area (Å²) in [6.07, 6.45) is -1.68. The fraction of sp³-hybridized carbons (Fsp3) is 0.250. The first-order chi connectivity index (χ1) is 16.1. The number of halogens is 1. The molecule has 0 bridgehead atoms. The molecule has 33 heavy (non-hydrogen) atoms. The first-order valence-electron chi connectivity index (χ1n) is 10.6. The fourth-order valence-electron chi connectivity index (χ4n) is 4.17. The molecular formula is C24H22ClN3O4S. The van der Waals surface area contributed by atoms with Crippen LogP contribution in [0, 0.1) is 0 Å². The van der Waals surface area contributed by atoms with Crippen molar-refractivity contribution in [3.8, 4) is 0 Å². The summed E-state index contributed by atoms with van der Waals surface area (Å²) in [5.41, 5.74) is 1.52. The highest BCUT2D eigenvalue weighted by Gasteiger charge is 2.49. The number of rotatable bonds is 4. The molecule has 0 spiro atoms. The van der Waals surface area contributed by atoms with E-state index in [4.69, 9.17) is 38.0 Å². The van der Waals surface area contributed by atoms with Crippen LogP contribution in [0.4, 0.5) is 16.2 Å². The summed E-state index contributed by atoms with van der Waals surface area (Å²) in [4.78, 5) is 12.6. The van der Waals surface area contributed by atoms with Gasteiger partial charge in [0.05, 0.1) is 24.9 Å². The number of hydrogen-bond donors (Lipinski definition) is 3. The highest BCUT2D eigenvalue weighted by molar-refractivity contribution is 7.80. The number of anilines is 2. The Morgan fingerprint density at radius 2 is 1.70 bits per heavy atom. The van der Waals surface area contributed by atoms with Crippen molar-refractivity contribution >= 4 is 57.2 Å². The quantitative estimate of drug-likeness (QED) is 0.469. The second-order valence-corrected chi connectivity index (χ2v) is 8.75. The lowest BCUT2D eigenvalue weighted by molar-refractivity contribution is 0.00881. The Hall–Kier alpha value is -2.91. The minimum atomic E-state index is -0.541. The van der Waals surface area contributed by atoms with Gasteiger partial charge < -0.3 is 24.8 Å². The average molecular weight is 484 g/mol. The van der Waals surface area contributed by atoms with E-state index < -0.39 is 12.2 Å². The lowest BCUT2D eigenvalue weighted by atomic mass is 10.1. The van der Waals surface area contributed by atoms with Gasteiger partial charge in [-0.2, -0.15) is 0 Å². The molecule has 2 saturated heterocycles. The van der Waals surface area contributed by atoms with Crippen LogP contribution in [0.3, 0.4) is 0 Å². The van der Waals surface area contributed by atoms with Crippen molar-refractivity contribution in [3.63, 3.8) is 0 Å². The first-order valence-corrected chi connectivity index (χ1v) is 11.4. The van der Waals surface area contributed by atoms with E-state index in [0.717, 1.165) is 16.5 Å². The number of hydrogen-bond acceptors (Lipinski definition) is 5.